The van der Waals surface area contributed by atoms with Gasteiger partial charge in [-0.25, -0.2) is 0 Å². The fraction of sp³-hybridized carbons (Fsp3) is 0.188. The van der Waals surface area contributed by atoms with Crippen molar-refractivity contribution >= 4 is 5.78 Å². The van der Waals surface area contributed by atoms with Crippen LogP contribution in [0.1, 0.15) is 38.2 Å². The highest BCUT2D eigenvalue weighted by atomic mass is 16.3. The first-order valence-electron chi connectivity index (χ1n) is 6.03. The van der Waals surface area contributed by atoms with Crippen molar-refractivity contribution in [2.24, 2.45) is 0 Å². The van der Waals surface area contributed by atoms with Crippen LogP contribution >= 0.6 is 0 Å². The molecule has 2 nitrogen and oxygen atoms in total. The lowest BCUT2D eigenvalue weighted by Gasteiger charge is -2.21. The van der Waals surface area contributed by atoms with Crippen LogP contribution < -0.4 is 0 Å². The molecule has 1 aliphatic rings. The van der Waals surface area contributed by atoms with Gasteiger partial charge in [0.05, 0.1) is 5.56 Å². The minimum absolute atomic E-state index is 0.0625. The summed E-state index contributed by atoms with van der Waals surface area (Å²) in [6.45, 7) is 3.95. The molecule has 0 aliphatic heterocycles. The van der Waals surface area contributed by atoms with Gasteiger partial charge in [0, 0.05) is 5.56 Å². The van der Waals surface area contributed by atoms with Crippen molar-refractivity contribution in [2.75, 3.05) is 0 Å². The van der Waals surface area contributed by atoms with Crippen LogP contribution in [0.2, 0.25) is 0 Å². The Bertz CT molecular complexity index is 669. The summed E-state index contributed by atoms with van der Waals surface area (Å²) in [5, 5.41) is 9.98. The van der Waals surface area contributed by atoms with E-state index in [2.05, 4.69) is 0 Å². The van der Waals surface area contributed by atoms with Gasteiger partial charge in [0.1, 0.15) is 5.75 Å². The maximum Gasteiger partial charge on any atom is 0.197 e. The SMILES string of the molecule is Cc1cc(O)c2c(c1)Cc1c(C)cccc1C2=O. The van der Waals surface area contributed by atoms with Crippen LogP contribution in [0.15, 0.2) is 30.3 Å². The minimum atomic E-state index is -0.0625. The van der Waals surface area contributed by atoms with Gasteiger partial charge in [-0.05, 0) is 48.6 Å². The molecule has 2 aromatic rings. The maximum absolute atomic E-state index is 12.4. The summed E-state index contributed by atoms with van der Waals surface area (Å²) >= 11 is 0. The van der Waals surface area contributed by atoms with Gasteiger partial charge in [-0.3, -0.25) is 4.79 Å². The molecule has 0 aromatic heterocycles. The second kappa shape index (κ2) is 3.70. The predicted molar refractivity (Wildman–Crippen MR) is 70.3 cm³/mol. The molecule has 0 unspecified atom stereocenters. The number of aromatic hydroxyl groups is 1. The van der Waals surface area contributed by atoms with Crippen molar-refractivity contribution in [3.8, 4) is 5.75 Å². The summed E-state index contributed by atoms with van der Waals surface area (Å²) in [6, 6.07) is 9.39. The van der Waals surface area contributed by atoms with E-state index < -0.39 is 0 Å². The van der Waals surface area contributed by atoms with E-state index in [0.29, 0.717) is 5.56 Å². The van der Waals surface area contributed by atoms with Crippen LogP contribution in [0, 0.1) is 13.8 Å². The standard InChI is InChI=1S/C16H14O2/c1-9-6-11-8-13-10(2)4-3-5-12(13)16(18)15(11)14(17)7-9/h3-7,17H,8H2,1-2H3. The van der Waals surface area contributed by atoms with Gasteiger partial charge in [0.25, 0.3) is 0 Å². The number of hydrogen-bond acceptors (Lipinski definition) is 2. The minimum Gasteiger partial charge on any atom is -0.507 e. The number of carbonyl (C=O) groups is 1. The molecule has 0 atom stereocenters. The molecule has 0 heterocycles. The molecule has 18 heavy (non-hydrogen) atoms. The van der Waals surface area contributed by atoms with Gasteiger partial charge >= 0.3 is 0 Å². The number of benzene rings is 2. The molecule has 0 saturated heterocycles. The van der Waals surface area contributed by atoms with Gasteiger partial charge in [-0.1, -0.05) is 24.3 Å². The Hall–Kier alpha value is -2.09. The number of rotatable bonds is 0. The van der Waals surface area contributed by atoms with Crippen LogP contribution in [0.3, 0.4) is 0 Å². The monoisotopic (exact) mass is 238 g/mol. The summed E-state index contributed by atoms with van der Waals surface area (Å²) in [4.78, 5) is 12.4. The Morgan fingerprint density at radius 2 is 1.94 bits per heavy atom. The highest BCUT2D eigenvalue weighted by Crippen LogP contribution is 2.34. The molecule has 0 amide bonds. The van der Waals surface area contributed by atoms with Crippen LogP contribution in [-0.2, 0) is 6.42 Å². The van der Waals surface area contributed by atoms with E-state index in [1.165, 1.54) is 0 Å². The topological polar surface area (TPSA) is 37.3 Å². The first-order chi connectivity index (χ1) is 8.58. The Labute approximate surface area is 106 Å². The number of carbonyl (C=O) groups excluding carboxylic acids is 1. The average Bonchev–Trinajstić information content (AvgIpc) is 2.30. The van der Waals surface area contributed by atoms with Crippen LogP contribution in [0.25, 0.3) is 0 Å². The van der Waals surface area contributed by atoms with E-state index in [1.807, 2.05) is 38.1 Å². The number of ketones is 1. The fourth-order valence-electron chi connectivity index (χ4n) is 2.72. The van der Waals surface area contributed by atoms with Crippen molar-refractivity contribution in [3.05, 3.63) is 63.7 Å². The molecule has 2 aromatic carbocycles. The van der Waals surface area contributed by atoms with Crippen molar-refractivity contribution < 1.29 is 9.90 Å². The molecule has 1 aliphatic carbocycles. The van der Waals surface area contributed by atoms with Crippen molar-refractivity contribution in [3.63, 3.8) is 0 Å². The van der Waals surface area contributed by atoms with Gasteiger partial charge in [0.15, 0.2) is 5.78 Å². The molecular weight excluding hydrogens is 224 g/mol. The smallest absolute Gasteiger partial charge is 0.197 e. The zero-order chi connectivity index (χ0) is 12.9. The summed E-state index contributed by atoms with van der Waals surface area (Å²) in [6.07, 6.45) is 0.721. The van der Waals surface area contributed by atoms with Gasteiger partial charge in [-0.2, -0.15) is 0 Å². The molecule has 0 bridgehead atoms. The normalized spacial score (nSPS) is 13.1. The number of phenolic OH excluding ortho intramolecular Hbond substituents is 1. The fourth-order valence-corrected chi connectivity index (χ4v) is 2.72. The molecule has 0 saturated carbocycles. The van der Waals surface area contributed by atoms with Crippen molar-refractivity contribution in [1.29, 1.82) is 0 Å². The quantitative estimate of drug-likeness (QED) is 0.653. The third kappa shape index (κ3) is 1.46. The summed E-state index contributed by atoms with van der Waals surface area (Å²) in [7, 11) is 0. The molecule has 90 valence electrons. The molecule has 2 heteroatoms. The van der Waals surface area contributed by atoms with Gasteiger partial charge in [0.2, 0.25) is 0 Å². The lowest BCUT2D eigenvalue weighted by atomic mass is 9.82. The Morgan fingerprint density at radius 3 is 2.72 bits per heavy atom. The van der Waals surface area contributed by atoms with Crippen LogP contribution in [0.4, 0.5) is 0 Å². The number of hydrogen-bond donors (Lipinski definition) is 1. The first-order valence-corrected chi connectivity index (χ1v) is 6.03. The molecular formula is C16H14O2. The molecule has 0 radical (unpaired) electrons. The third-order valence-electron chi connectivity index (χ3n) is 3.59. The van der Waals surface area contributed by atoms with Crippen molar-refractivity contribution in [1.82, 2.24) is 0 Å². The second-order valence-corrected chi connectivity index (χ2v) is 4.93. The highest BCUT2D eigenvalue weighted by molar-refractivity contribution is 6.14. The second-order valence-electron chi connectivity index (χ2n) is 4.93. The molecule has 3 rings (SSSR count). The van der Waals surface area contributed by atoms with E-state index >= 15 is 0 Å². The first kappa shape index (κ1) is 11.0. The summed E-state index contributed by atoms with van der Waals surface area (Å²) in [5.74, 6) is 0.0367. The number of phenols is 1. The number of fused-ring (bicyclic) bond motifs is 2. The van der Waals surface area contributed by atoms with E-state index in [1.54, 1.807) is 6.07 Å². The van der Waals surface area contributed by atoms with Gasteiger partial charge < -0.3 is 5.11 Å². The lowest BCUT2D eigenvalue weighted by Crippen LogP contribution is -2.16. The molecule has 0 fully saturated rings. The summed E-state index contributed by atoms with van der Waals surface area (Å²) in [5.41, 5.74) is 5.32. The largest absolute Gasteiger partial charge is 0.507 e. The Morgan fingerprint density at radius 1 is 1.17 bits per heavy atom. The molecule has 0 spiro atoms. The highest BCUT2D eigenvalue weighted by Gasteiger charge is 2.26. The van der Waals surface area contributed by atoms with Crippen LogP contribution in [-0.4, -0.2) is 10.9 Å². The Balaban J connectivity index is 2.29. The van der Waals surface area contributed by atoms with Crippen molar-refractivity contribution in [2.45, 2.75) is 20.3 Å². The van der Waals surface area contributed by atoms with Crippen LogP contribution in [0.5, 0.6) is 5.75 Å². The van der Waals surface area contributed by atoms with E-state index in [4.69, 9.17) is 0 Å². The van der Waals surface area contributed by atoms with E-state index in [0.717, 1.165) is 34.2 Å². The summed E-state index contributed by atoms with van der Waals surface area (Å²) < 4.78 is 0. The Kier molecular flexibility index (Phi) is 2.27. The zero-order valence-corrected chi connectivity index (χ0v) is 10.4. The third-order valence-corrected chi connectivity index (χ3v) is 3.59. The number of aryl methyl sites for hydroxylation is 2. The molecule has 1 N–H and O–H groups in total. The maximum atomic E-state index is 12.4. The van der Waals surface area contributed by atoms with E-state index in [9.17, 15) is 9.90 Å². The predicted octanol–water partition coefficient (Wildman–Crippen LogP) is 3.14. The van der Waals surface area contributed by atoms with E-state index in [-0.39, 0.29) is 11.5 Å². The van der Waals surface area contributed by atoms with Gasteiger partial charge in [-0.15, -0.1) is 0 Å². The zero-order valence-electron chi connectivity index (χ0n) is 10.4. The average molecular weight is 238 g/mol. The lowest BCUT2D eigenvalue weighted by molar-refractivity contribution is 0.103.